The predicted octanol–water partition coefficient (Wildman–Crippen LogP) is 2.26. The molecule has 5 nitrogen and oxygen atoms in total. The van der Waals surface area contributed by atoms with Crippen LogP contribution >= 0.6 is 0 Å². The van der Waals surface area contributed by atoms with Crippen molar-refractivity contribution in [1.82, 2.24) is 4.90 Å². The number of likely N-dealkylation sites (tertiary alicyclic amines) is 1. The number of carboxylic acids is 1. The average Bonchev–Trinajstić information content (AvgIpc) is 2.98. The van der Waals surface area contributed by atoms with Gasteiger partial charge in [-0.15, -0.1) is 6.58 Å². The number of aliphatic carboxylic acids is 1. The maximum absolute atomic E-state index is 12.5. The third-order valence-corrected chi connectivity index (χ3v) is 3.81. The van der Waals surface area contributed by atoms with Crippen molar-refractivity contribution in [1.29, 1.82) is 0 Å². The van der Waals surface area contributed by atoms with Crippen molar-refractivity contribution in [2.24, 2.45) is 0 Å². The summed E-state index contributed by atoms with van der Waals surface area (Å²) in [6.45, 7) is 5.83. The number of para-hydroxylation sites is 1. The highest BCUT2D eigenvalue weighted by atomic mass is 16.5. The van der Waals surface area contributed by atoms with Gasteiger partial charge in [0.15, 0.2) is 6.10 Å². The Kier molecular flexibility index (Phi) is 5.20. The SMILES string of the molecule is C=CCc1ccccc1OC(C)C(=O)N1CCCC1C(=O)O. The molecule has 118 valence electrons. The molecule has 2 unspecified atom stereocenters. The minimum Gasteiger partial charge on any atom is -0.481 e. The van der Waals surface area contributed by atoms with Crippen LogP contribution in [-0.4, -0.2) is 40.6 Å². The van der Waals surface area contributed by atoms with Gasteiger partial charge in [-0.25, -0.2) is 4.79 Å². The maximum atomic E-state index is 12.5. The molecule has 1 amide bonds. The van der Waals surface area contributed by atoms with Crippen LogP contribution in [0, 0.1) is 0 Å². The molecule has 1 N–H and O–H groups in total. The van der Waals surface area contributed by atoms with E-state index in [9.17, 15) is 14.7 Å². The number of rotatable bonds is 6. The van der Waals surface area contributed by atoms with Gasteiger partial charge >= 0.3 is 5.97 Å². The maximum Gasteiger partial charge on any atom is 0.326 e. The molecule has 0 radical (unpaired) electrons. The first-order valence-electron chi connectivity index (χ1n) is 7.43. The second kappa shape index (κ2) is 7.11. The van der Waals surface area contributed by atoms with Crippen LogP contribution in [0.1, 0.15) is 25.3 Å². The summed E-state index contributed by atoms with van der Waals surface area (Å²) in [6, 6.07) is 6.74. The number of ether oxygens (including phenoxy) is 1. The number of carbonyl (C=O) groups excluding carboxylic acids is 1. The summed E-state index contributed by atoms with van der Waals surface area (Å²) in [6.07, 6.45) is 2.92. The Balaban J connectivity index is 2.08. The van der Waals surface area contributed by atoms with E-state index < -0.39 is 18.1 Å². The summed E-state index contributed by atoms with van der Waals surface area (Å²) >= 11 is 0. The molecule has 0 spiro atoms. The topological polar surface area (TPSA) is 66.8 Å². The molecule has 1 heterocycles. The summed E-state index contributed by atoms with van der Waals surface area (Å²) in [7, 11) is 0. The smallest absolute Gasteiger partial charge is 0.326 e. The average molecular weight is 303 g/mol. The molecule has 1 aliphatic heterocycles. The third kappa shape index (κ3) is 3.47. The van der Waals surface area contributed by atoms with E-state index in [4.69, 9.17) is 4.74 Å². The molecule has 1 aromatic rings. The van der Waals surface area contributed by atoms with Gasteiger partial charge in [0.05, 0.1) is 0 Å². The van der Waals surface area contributed by atoms with E-state index in [1.807, 2.05) is 18.2 Å². The Morgan fingerprint density at radius 2 is 2.23 bits per heavy atom. The van der Waals surface area contributed by atoms with Gasteiger partial charge in [0.1, 0.15) is 11.8 Å². The van der Waals surface area contributed by atoms with E-state index in [1.54, 1.807) is 19.1 Å². The summed E-state index contributed by atoms with van der Waals surface area (Å²) in [4.78, 5) is 25.0. The van der Waals surface area contributed by atoms with E-state index in [-0.39, 0.29) is 5.91 Å². The van der Waals surface area contributed by atoms with Crippen LogP contribution in [0.2, 0.25) is 0 Å². The van der Waals surface area contributed by atoms with Gasteiger partial charge in [-0.05, 0) is 37.8 Å². The molecule has 2 atom stereocenters. The fourth-order valence-electron chi connectivity index (χ4n) is 2.70. The molecule has 0 bridgehead atoms. The molecule has 1 saturated heterocycles. The van der Waals surface area contributed by atoms with Crippen molar-refractivity contribution in [2.45, 2.75) is 38.3 Å². The number of nitrogens with zero attached hydrogens (tertiary/aromatic N) is 1. The van der Waals surface area contributed by atoms with Gasteiger partial charge in [0, 0.05) is 6.54 Å². The standard InChI is InChI=1S/C17H21NO4/c1-3-7-13-8-4-5-10-15(13)22-12(2)16(19)18-11-6-9-14(18)17(20)21/h3-5,8,10,12,14H,1,6-7,9,11H2,2H3,(H,20,21). The molecule has 22 heavy (non-hydrogen) atoms. The molecular formula is C17H21NO4. The number of carbonyl (C=O) groups is 2. The van der Waals surface area contributed by atoms with Crippen LogP contribution in [0.5, 0.6) is 5.75 Å². The third-order valence-electron chi connectivity index (χ3n) is 3.81. The van der Waals surface area contributed by atoms with Crippen molar-refractivity contribution >= 4 is 11.9 Å². The van der Waals surface area contributed by atoms with Crippen LogP contribution in [-0.2, 0) is 16.0 Å². The van der Waals surface area contributed by atoms with Crippen LogP contribution in [0.3, 0.4) is 0 Å². The van der Waals surface area contributed by atoms with Gasteiger partial charge in [-0.2, -0.15) is 0 Å². The molecule has 1 fully saturated rings. The fourth-order valence-corrected chi connectivity index (χ4v) is 2.70. The second-order valence-corrected chi connectivity index (χ2v) is 5.39. The van der Waals surface area contributed by atoms with Gasteiger partial charge in [-0.1, -0.05) is 24.3 Å². The van der Waals surface area contributed by atoms with Gasteiger partial charge in [0.2, 0.25) is 0 Å². The normalized spacial score (nSPS) is 18.8. The summed E-state index contributed by atoms with van der Waals surface area (Å²) in [5.41, 5.74) is 0.952. The van der Waals surface area contributed by atoms with Crippen LogP contribution < -0.4 is 4.74 Å². The Bertz CT molecular complexity index is 570. The Morgan fingerprint density at radius 1 is 1.50 bits per heavy atom. The zero-order valence-electron chi connectivity index (χ0n) is 12.7. The number of hydrogen-bond acceptors (Lipinski definition) is 3. The fraction of sp³-hybridized carbons (Fsp3) is 0.412. The largest absolute Gasteiger partial charge is 0.481 e. The Hall–Kier alpha value is -2.30. The quantitative estimate of drug-likeness (QED) is 0.819. The first-order valence-corrected chi connectivity index (χ1v) is 7.43. The monoisotopic (exact) mass is 303 g/mol. The molecule has 5 heteroatoms. The lowest BCUT2D eigenvalue weighted by atomic mass is 10.1. The lowest BCUT2D eigenvalue weighted by molar-refractivity contribution is -0.150. The highest BCUT2D eigenvalue weighted by Crippen LogP contribution is 2.23. The highest BCUT2D eigenvalue weighted by molar-refractivity contribution is 5.87. The summed E-state index contributed by atoms with van der Waals surface area (Å²) < 4.78 is 5.77. The second-order valence-electron chi connectivity index (χ2n) is 5.39. The van der Waals surface area contributed by atoms with Crippen molar-refractivity contribution in [3.8, 4) is 5.75 Å². The van der Waals surface area contributed by atoms with Gasteiger partial charge in [0.25, 0.3) is 5.91 Å². The number of carboxylic acid groups (broad SMARTS) is 1. The highest BCUT2D eigenvalue weighted by Gasteiger charge is 2.36. The zero-order valence-corrected chi connectivity index (χ0v) is 12.7. The lowest BCUT2D eigenvalue weighted by Gasteiger charge is -2.25. The molecular weight excluding hydrogens is 282 g/mol. The molecule has 0 aromatic heterocycles. The van der Waals surface area contributed by atoms with Gasteiger partial charge < -0.3 is 14.7 Å². The van der Waals surface area contributed by atoms with Gasteiger partial charge in [-0.3, -0.25) is 4.79 Å². The van der Waals surface area contributed by atoms with Crippen LogP contribution in [0.15, 0.2) is 36.9 Å². The van der Waals surface area contributed by atoms with E-state index in [1.165, 1.54) is 4.90 Å². The van der Waals surface area contributed by atoms with Crippen molar-refractivity contribution in [2.75, 3.05) is 6.54 Å². The van der Waals surface area contributed by atoms with E-state index in [0.717, 1.165) is 5.56 Å². The molecule has 2 rings (SSSR count). The summed E-state index contributed by atoms with van der Waals surface area (Å²) in [5.74, 6) is -0.599. The molecule has 0 saturated carbocycles. The minimum atomic E-state index is -0.954. The number of hydrogen-bond donors (Lipinski definition) is 1. The Labute approximate surface area is 130 Å². The Morgan fingerprint density at radius 3 is 2.91 bits per heavy atom. The molecule has 1 aliphatic rings. The van der Waals surface area contributed by atoms with Crippen molar-refractivity contribution in [3.63, 3.8) is 0 Å². The number of benzene rings is 1. The lowest BCUT2D eigenvalue weighted by Crippen LogP contribution is -2.46. The first-order chi connectivity index (χ1) is 10.5. The number of amides is 1. The van der Waals surface area contributed by atoms with E-state index in [2.05, 4.69) is 6.58 Å². The summed E-state index contributed by atoms with van der Waals surface area (Å²) in [5, 5.41) is 9.17. The predicted molar refractivity (Wildman–Crippen MR) is 82.8 cm³/mol. The van der Waals surface area contributed by atoms with Crippen molar-refractivity contribution in [3.05, 3.63) is 42.5 Å². The van der Waals surface area contributed by atoms with Crippen LogP contribution in [0.25, 0.3) is 0 Å². The van der Waals surface area contributed by atoms with Crippen LogP contribution in [0.4, 0.5) is 0 Å². The molecule has 0 aliphatic carbocycles. The minimum absolute atomic E-state index is 0.279. The molecule has 1 aromatic carbocycles. The van der Waals surface area contributed by atoms with Crippen molar-refractivity contribution < 1.29 is 19.4 Å². The van der Waals surface area contributed by atoms with E-state index >= 15 is 0 Å². The zero-order chi connectivity index (χ0) is 16.1. The number of allylic oxidation sites excluding steroid dienone is 1. The van der Waals surface area contributed by atoms with E-state index in [0.29, 0.717) is 31.6 Å². The first kappa shape index (κ1) is 16.1.